The SMILES string of the molecule is CC1=CC(=O)O[C@@H]2CCN3CC[C@H](COC(=O)[C@@](C)(O)[C@@H](C)C1)[C@H]23. The summed E-state index contributed by atoms with van der Waals surface area (Å²) in [6.07, 6.45) is 3.51. The number of hydrogen-bond acceptors (Lipinski definition) is 6. The Labute approximate surface area is 142 Å². The second-order valence-electron chi connectivity index (χ2n) is 7.68. The van der Waals surface area contributed by atoms with Crippen molar-refractivity contribution in [3.05, 3.63) is 11.6 Å². The molecule has 0 radical (unpaired) electrons. The Kier molecular flexibility index (Phi) is 4.71. The maximum atomic E-state index is 12.4. The van der Waals surface area contributed by atoms with Gasteiger partial charge in [0.25, 0.3) is 0 Å². The van der Waals surface area contributed by atoms with Crippen molar-refractivity contribution in [2.75, 3.05) is 19.7 Å². The lowest BCUT2D eigenvalue weighted by molar-refractivity contribution is -0.171. The number of esters is 2. The molecule has 0 unspecified atom stereocenters. The Morgan fingerprint density at radius 3 is 2.75 bits per heavy atom. The van der Waals surface area contributed by atoms with E-state index < -0.39 is 11.6 Å². The quantitative estimate of drug-likeness (QED) is 0.671. The topological polar surface area (TPSA) is 76.1 Å². The van der Waals surface area contributed by atoms with Crippen molar-refractivity contribution in [2.24, 2.45) is 11.8 Å². The van der Waals surface area contributed by atoms with E-state index in [4.69, 9.17) is 9.47 Å². The normalized spacial score (nSPS) is 41.4. The summed E-state index contributed by atoms with van der Waals surface area (Å²) in [5.41, 5.74) is -0.780. The molecule has 0 aromatic heterocycles. The molecule has 0 aromatic carbocycles. The van der Waals surface area contributed by atoms with E-state index in [-0.39, 0.29) is 36.6 Å². The second kappa shape index (κ2) is 6.48. The molecule has 2 saturated heterocycles. The Morgan fingerprint density at radius 2 is 2.00 bits per heavy atom. The highest BCUT2D eigenvalue weighted by molar-refractivity contribution is 5.83. The van der Waals surface area contributed by atoms with Crippen molar-refractivity contribution in [1.82, 2.24) is 4.90 Å². The van der Waals surface area contributed by atoms with Gasteiger partial charge in [0, 0.05) is 18.5 Å². The van der Waals surface area contributed by atoms with Crippen LogP contribution < -0.4 is 0 Å². The lowest BCUT2D eigenvalue weighted by Crippen LogP contribution is -2.44. The predicted octanol–water partition coefficient (Wildman–Crippen LogP) is 1.27. The van der Waals surface area contributed by atoms with Gasteiger partial charge in [0.1, 0.15) is 6.10 Å². The van der Waals surface area contributed by atoms with Crippen LogP contribution in [0.15, 0.2) is 11.6 Å². The van der Waals surface area contributed by atoms with Crippen LogP contribution in [0, 0.1) is 11.8 Å². The first-order valence-electron chi connectivity index (χ1n) is 8.80. The number of cyclic esters (lactones) is 1. The first-order valence-corrected chi connectivity index (χ1v) is 8.80. The van der Waals surface area contributed by atoms with Crippen molar-refractivity contribution in [1.29, 1.82) is 0 Å². The van der Waals surface area contributed by atoms with Crippen molar-refractivity contribution < 1.29 is 24.2 Å². The van der Waals surface area contributed by atoms with Gasteiger partial charge in [0.05, 0.1) is 12.6 Å². The zero-order valence-corrected chi connectivity index (χ0v) is 14.7. The van der Waals surface area contributed by atoms with Crippen LogP contribution in [0.3, 0.4) is 0 Å². The van der Waals surface area contributed by atoms with E-state index in [9.17, 15) is 14.7 Å². The summed E-state index contributed by atoms with van der Waals surface area (Å²) in [5, 5.41) is 10.6. The van der Waals surface area contributed by atoms with Gasteiger partial charge < -0.3 is 14.6 Å². The third kappa shape index (κ3) is 3.22. The fraction of sp³-hybridized carbons (Fsp3) is 0.778. The molecule has 0 spiro atoms. The largest absolute Gasteiger partial charge is 0.463 e. The fourth-order valence-electron chi connectivity index (χ4n) is 4.18. The minimum Gasteiger partial charge on any atom is -0.463 e. The lowest BCUT2D eigenvalue weighted by Gasteiger charge is -2.29. The minimum absolute atomic E-state index is 0.110. The molecule has 0 bridgehead atoms. The average Bonchev–Trinajstić information content (AvgIpc) is 3.06. The number of carbonyl (C=O) groups excluding carboxylic acids is 2. The second-order valence-corrected chi connectivity index (χ2v) is 7.68. The van der Waals surface area contributed by atoms with E-state index in [0.717, 1.165) is 31.5 Å². The van der Waals surface area contributed by atoms with Crippen LogP contribution in [0.5, 0.6) is 0 Å². The van der Waals surface area contributed by atoms with Crippen molar-refractivity contribution in [3.63, 3.8) is 0 Å². The van der Waals surface area contributed by atoms with Crippen molar-refractivity contribution in [3.8, 4) is 0 Å². The van der Waals surface area contributed by atoms with Gasteiger partial charge in [-0.3, -0.25) is 4.90 Å². The Morgan fingerprint density at radius 1 is 1.29 bits per heavy atom. The maximum absolute atomic E-state index is 12.4. The van der Waals surface area contributed by atoms with Crippen LogP contribution in [0.1, 0.15) is 40.0 Å². The summed E-state index contributed by atoms with van der Waals surface area (Å²) >= 11 is 0. The molecular formula is C18H27NO5. The molecule has 6 heteroatoms. The Hall–Kier alpha value is -1.40. The van der Waals surface area contributed by atoms with Gasteiger partial charge in [0.2, 0.25) is 0 Å². The molecule has 3 rings (SSSR count). The average molecular weight is 337 g/mol. The molecule has 3 heterocycles. The van der Waals surface area contributed by atoms with E-state index in [1.165, 1.54) is 13.0 Å². The molecule has 0 aromatic rings. The fourth-order valence-corrected chi connectivity index (χ4v) is 4.18. The summed E-state index contributed by atoms with van der Waals surface area (Å²) in [6, 6.07) is 0.110. The molecule has 134 valence electrons. The molecule has 3 aliphatic heterocycles. The summed E-state index contributed by atoms with van der Waals surface area (Å²) < 4.78 is 11.2. The number of nitrogens with zero attached hydrogens (tertiary/aromatic N) is 1. The van der Waals surface area contributed by atoms with E-state index in [1.807, 2.05) is 6.92 Å². The van der Waals surface area contributed by atoms with Crippen LogP contribution in [-0.4, -0.2) is 59.4 Å². The van der Waals surface area contributed by atoms with Crippen LogP contribution in [0.25, 0.3) is 0 Å². The number of carbonyl (C=O) groups is 2. The lowest BCUT2D eigenvalue weighted by atomic mass is 9.85. The highest BCUT2D eigenvalue weighted by Crippen LogP contribution is 2.36. The number of allylic oxidation sites excluding steroid dienone is 1. The first kappa shape index (κ1) is 17.4. The van der Waals surface area contributed by atoms with Gasteiger partial charge in [0.15, 0.2) is 5.60 Å². The van der Waals surface area contributed by atoms with E-state index in [0.29, 0.717) is 6.42 Å². The number of ether oxygens (including phenoxy) is 2. The summed E-state index contributed by atoms with van der Waals surface area (Å²) in [6.45, 7) is 7.20. The molecule has 2 fully saturated rings. The van der Waals surface area contributed by atoms with Crippen molar-refractivity contribution >= 4 is 11.9 Å². The van der Waals surface area contributed by atoms with Crippen LogP contribution in [0.4, 0.5) is 0 Å². The van der Waals surface area contributed by atoms with E-state index in [2.05, 4.69) is 4.90 Å². The van der Waals surface area contributed by atoms with Gasteiger partial charge >= 0.3 is 11.9 Å². The monoisotopic (exact) mass is 337 g/mol. The highest BCUT2D eigenvalue weighted by atomic mass is 16.6. The van der Waals surface area contributed by atoms with Gasteiger partial charge in [-0.05, 0) is 45.6 Å². The van der Waals surface area contributed by atoms with Gasteiger partial charge in [-0.15, -0.1) is 0 Å². The predicted molar refractivity (Wildman–Crippen MR) is 87.1 cm³/mol. The summed E-state index contributed by atoms with van der Waals surface area (Å²) in [5.74, 6) is -1.12. The van der Waals surface area contributed by atoms with E-state index in [1.54, 1.807) is 6.92 Å². The molecule has 0 amide bonds. The molecule has 5 atom stereocenters. The minimum atomic E-state index is -1.57. The highest BCUT2D eigenvalue weighted by Gasteiger charge is 2.47. The summed E-state index contributed by atoms with van der Waals surface area (Å²) in [4.78, 5) is 26.9. The van der Waals surface area contributed by atoms with Gasteiger partial charge in [-0.1, -0.05) is 12.5 Å². The molecule has 3 aliphatic rings. The Bertz CT molecular complexity index is 556. The molecule has 24 heavy (non-hydrogen) atoms. The molecule has 1 N–H and O–H groups in total. The number of aliphatic hydroxyl groups is 1. The summed E-state index contributed by atoms with van der Waals surface area (Å²) in [7, 11) is 0. The zero-order chi connectivity index (χ0) is 17.5. The molecular weight excluding hydrogens is 310 g/mol. The number of rotatable bonds is 0. The smallest absolute Gasteiger partial charge is 0.338 e. The third-order valence-electron chi connectivity index (χ3n) is 5.83. The maximum Gasteiger partial charge on any atom is 0.338 e. The molecule has 0 aliphatic carbocycles. The standard InChI is InChI=1S/C18H27NO5/c1-11-8-12(2)18(3,22)17(21)23-10-13-4-6-19-7-5-14(16(13)19)24-15(20)9-11/h9,12-14,16,22H,4-8,10H2,1-3H3/t12-,13+,14+,16+,18-/m0/s1. The van der Waals surface area contributed by atoms with Crippen LogP contribution in [-0.2, 0) is 19.1 Å². The van der Waals surface area contributed by atoms with E-state index >= 15 is 0 Å². The van der Waals surface area contributed by atoms with Gasteiger partial charge in [-0.2, -0.15) is 0 Å². The molecule has 0 saturated carbocycles. The first-order chi connectivity index (χ1) is 11.3. The third-order valence-corrected chi connectivity index (χ3v) is 5.83. The Balaban J connectivity index is 1.86. The van der Waals surface area contributed by atoms with Gasteiger partial charge in [-0.25, -0.2) is 9.59 Å². The van der Waals surface area contributed by atoms with Crippen LogP contribution >= 0.6 is 0 Å². The number of hydrogen-bond donors (Lipinski definition) is 1. The van der Waals surface area contributed by atoms with Crippen LogP contribution in [0.2, 0.25) is 0 Å². The molecule has 6 nitrogen and oxygen atoms in total. The van der Waals surface area contributed by atoms with Crippen molar-refractivity contribution in [2.45, 2.75) is 57.8 Å². The zero-order valence-electron chi connectivity index (χ0n) is 14.7.